The maximum Gasteiger partial charge on any atom is 0.0690 e. The fourth-order valence-electron chi connectivity index (χ4n) is 1.92. The Balaban J connectivity index is 2.14. The van der Waals surface area contributed by atoms with Gasteiger partial charge in [-0.05, 0) is 37.3 Å². The number of aliphatic hydroxyl groups excluding tert-OH is 1. The second-order valence-electron chi connectivity index (χ2n) is 4.72. The van der Waals surface area contributed by atoms with Crippen molar-refractivity contribution in [2.24, 2.45) is 0 Å². The van der Waals surface area contributed by atoms with Crippen LogP contribution in [0.15, 0.2) is 24.3 Å². The molecule has 0 aliphatic heterocycles. The minimum atomic E-state index is -0.450. The Bertz CT molecular complexity index is 340. The molecular weight excluding hydrogens is 188 g/mol. The van der Waals surface area contributed by atoms with Gasteiger partial charge in [0, 0.05) is 6.42 Å². The predicted molar refractivity (Wildman–Crippen MR) is 59.7 cm³/mol. The van der Waals surface area contributed by atoms with Crippen LogP contribution in [0.4, 0.5) is 0 Å². The first kappa shape index (κ1) is 10.7. The first-order chi connectivity index (χ1) is 7.09. The Kier molecular flexibility index (Phi) is 2.81. The Morgan fingerprint density at radius 1 is 1.27 bits per heavy atom. The van der Waals surface area contributed by atoms with E-state index < -0.39 is 5.60 Å². The summed E-state index contributed by atoms with van der Waals surface area (Å²) in [6.07, 6.45) is 2.91. The van der Waals surface area contributed by atoms with Crippen molar-refractivity contribution in [1.29, 1.82) is 0 Å². The highest BCUT2D eigenvalue weighted by molar-refractivity contribution is 5.30. The van der Waals surface area contributed by atoms with Gasteiger partial charge in [0.15, 0.2) is 0 Å². The molecule has 2 nitrogen and oxygen atoms in total. The van der Waals surface area contributed by atoms with Crippen LogP contribution in [0.5, 0.6) is 0 Å². The summed E-state index contributed by atoms with van der Waals surface area (Å²) in [5, 5.41) is 19.3. The molecule has 0 heterocycles. The van der Waals surface area contributed by atoms with Gasteiger partial charge in [0.05, 0.1) is 11.7 Å². The van der Waals surface area contributed by atoms with E-state index >= 15 is 0 Å². The van der Waals surface area contributed by atoms with Gasteiger partial charge < -0.3 is 10.2 Å². The Hall–Kier alpha value is -0.860. The first-order valence-electron chi connectivity index (χ1n) is 5.56. The normalized spacial score (nSPS) is 19.9. The SMILES string of the molecule is CC(O)Cc1ccccc1CC1(O)CC1. The van der Waals surface area contributed by atoms with E-state index in [1.807, 2.05) is 24.3 Å². The summed E-state index contributed by atoms with van der Waals surface area (Å²) < 4.78 is 0. The van der Waals surface area contributed by atoms with Crippen LogP contribution in [0.3, 0.4) is 0 Å². The van der Waals surface area contributed by atoms with Crippen molar-refractivity contribution >= 4 is 0 Å². The first-order valence-corrected chi connectivity index (χ1v) is 5.56. The number of hydrogen-bond acceptors (Lipinski definition) is 2. The van der Waals surface area contributed by atoms with E-state index in [-0.39, 0.29) is 6.10 Å². The van der Waals surface area contributed by atoms with E-state index in [0.29, 0.717) is 6.42 Å². The number of rotatable bonds is 4. The van der Waals surface area contributed by atoms with Gasteiger partial charge in [-0.25, -0.2) is 0 Å². The Labute approximate surface area is 90.6 Å². The molecule has 2 heteroatoms. The highest BCUT2D eigenvalue weighted by Crippen LogP contribution is 2.38. The zero-order valence-electron chi connectivity index (χ0n) is 9.11. The van der Waals surface area contributed by atoms with Crippen LogP contribution in [-0.2, 0) is 12.8 Å². The van der Waals surface area contributed by atoms with Gasteiger partial charge in [0.2, 0.25) is 0 Å². The molecule has 15 heavy (non-hydrogen) atoms. The lowest BCUT2D eigenvalue weighted by Crippen LogP contribution is -2.14. The maximum absolute atomic E-state index is 9.88. The van der Waals surface area contributed by atoms with Crippen molar-refractivity contribution in [3.63, 3.8) is 0 Å². The van der Waals surface area contributed by atoms with Crippen molar-refractivity contribution in [2.75, 3.05) is 0 Å². The quantitative estimate of drug-likeness (QED) is 0.787. The second kappa shape index (κ2) is 3.95. The molecule has 82 valence electrons. The molecule has 1 aliphatic rings. The van der Waals surface area contributed by atoms with E-state index in [9.17, 15) is 10.2 Å². The lowest BCUT2D eigenvalue weighted by Gasteiger charge is -2.13. The molecule has 1 aromatic rings. The van der Waals surface area contributed by atoms with Gasteiger partial charge >= 0.3 is 0 Å². The average Bonchev–Trinajstić information content (AvgIpc) is 2.86. The fourth-order valence-corrected chi connectivity index (χ4v) is 1.92. The minimum absolute atomic E-state index is 0.319. The third-order valence-electron chi connectivity index (χ3n) is 2.98. The van der Waals surface area contributed by atoms with E-state index in [0.717, 1.165) is 24.8 Å². The van der Waals surface area contributed by atoms with E-state index in [4.69, 9.17) is 0 Å². The summed E-state index contributed by atoms with van der Waals surface area (Å²) >= 11 is 0. The van der Waals surface area contributed by atoms with Gasteiger partial charge in [-0.2, -0.15) is 0 Å². The van der Waals surface area contributed by atoms with Gasteiger partial charge in [-0.1, -0.05) is 24.3 Å². The zero-order chi connectivity index (χ0) is 10.9. The number of hydrogen-bond donors (Lipinski definition) is 2. The summed E-state index contributed by atoms with van der Waals surface area (Å²) in [6.45, 7) is 1.79. The molecule has 1 unspecified atom stereocenters. The summed E-state index contributed by atoms with van der Waals surface area (Å²) in [5.41, 5.74) is 1.89. The number of aliphatic hydroxyl groups is 2. The monoisotopic (exact) mass is 206 g/mol. The molecule has 0 radical (unpaired) electrons. The molecule has 1 saturated carbocycles. The van der Waals surface area contributed by atoms with Crippen molar-refractivity contribution < 1.29 is 10.2 Å². The summed E-state index contributed by atoms with van der Waals surface area (Å²) in [5.74, 6) is 0. The van der Waals surface area contributed by atoms with E-state index in [1.165, 1.54) is 5.56 Å². The standard InChI is InChI=1S/C13H18O2/c1-10(14)8-11-4-2-3-5-12(11)9-13(15)6-7-13/h2-5,10,14-15H,6-9H2,1H3. The van der Waals surface area contributed by atoms with Crippen LogP contribution in [0, 0.1) is 0 Å². The molecule has 0 bridgehead atoms. The molecule has 1 atom stereocenters. The molecule has 1 aliphatic carbocycles. The minimum Gasteiger partial charge on any atom is -0.393 e. The lowest BCUT2D eigenvalue weighted by atomic mass is 9.97. The molecule has 1 fully saturated rings. The van der Waals surface area contributed by atoms with Gasteiger partial charge in [0.1, 0.15) is 0 Å². The highest BCUT2D eigenvalue weighted by atomic mass is 16.3. The van der Waals surface area contributed by atoms with Crippen LogP contribution in [0.1, 0.15) is 30.9 Å². The smallest absolute Gasteiger partial charge is 0.0690 e. The molecule has 0 amide bonds. The van der Waals surface area contributed by atoms with Crippen molar-refractivity contribution in [2.45, 2.75) is 44.3 Å². The van der Waals surface area contributed by atoms with Crippen molar-refractivity contribution in [3.05, 3.63) is 35.4 Å². The third kappa shape index (κ3) is 2.80. The maximum atomic E-state index is 9.88. The highest BCUT2D eigenvalue weighted by Gasteiger charge is 2.40. The van der Waals surface area contributed by atoms with Crippen LogP contribution in [0.25, 0.3) is 0 Å². The van der Waals surface area contributed by atoms with Crippen molar-refractivity contribution in [3.8, 4) is 0 Å². The lowest BCUT2D eigenvalue weighted by molar-refractivity contribution is 0.150. The third-order valence-corrected chi connectivity index (χ3v) is 2.98. The van der Waals surface area contributed by atoms with Gasteiger partial charge in [-0.3, -0.25) is 0 Å². The predicted octanol–water partition coefficient (Wildman–Crippen LogP) is 1.68. The Morgan fingerprint density at radius 2 is 1.87 bits per heavy atom. The zero-order valence-corrected chi connectivity index (χ0v) is 9.11. The molecular formula is C13H18O2. The molecule has 2 rings (SSSR count). The van der Waals surface area contributed by atoms with Crippen LogP contribution >= 0.6 is 0 Å². The topological polar surface area (TPSA) is 40.5 Å². The molecule has 2 N–H and O–H groups in total. The Morgan fingerprint density at radius 3 is 2.40 bits per heavy atom. The van der Waals surface area contributed by atoms with E-state index in [1.54, 1.807) is 6.92 Å². The summed E-state index contributed by atoms with van der Waals surface area (Å²) in [4.78, 5) is 0. The molecule has 1 aromatic carbocycles. The van der Waals surface area contributed by atoms with Crippen LogP contribution in [0.2, 0.25) is 0 Å². The second-order valence-corrected chi connectivity index (χ2v) is 4.72. The summed E-state index contributed by atoms with van der Waals surface area (Å²) in [7, 11) is 0. The largest absolute Gasteiger partial charge is 0.393 e. The van der Waals surface area contributed by atoms with E-state index in [2.05, 4.69) is 0 Å². The number of benzene rings is 1. The van der Waals surface area contributed by atoms with Crippen molar-refractivity contribution in [1.82, 2.24) is 0 Å². The molecule has 0 aromatic heterocycles. The molecule has 0 spiro atoms. The molecule has 0 saturated heterocycles. The summed E-state index contributed by atoms with van der Waals surface area (Å²) in [6, 6.07) is 8.06. The average molecular weight is 206 g/mol. The van der Waals surface area contributed by atoms with Crippen LogP contribution < -0.4 is 0 Å². The fraction of sp³-hybridized carbons (Fsp3) is 0.538. The van der Waals surface area contributed by atoms with Gasteiger partial charge in [-0.15, -0.1) is 0 Å². The van der Waals surface area contributed by atoms with Crippen LogP contribution in [-0.4, -0.2) is 21.9 Å². The van der Waals surface area contributed by atoms with Gasteiger partial charge in [0.25, 0.3) is 0 Å².